The van der Waals surface area contributed by atoms with E-state index in [1.807, 2.05) is 11.8 Å². The van der Waals surface area contributed by atoms with E-state index in [2.05, 4.69) is 127 Å². The Balaban J connectivity index is 3.27. The molecule has 3 heteroatoms. The predicted molar refractivity (Wildman–Crippen MR) is 188 cm³/mol. The molecule has 1 rings (SSSR count). The van der Waals surface area contributed by atoms with E-state index in [0.29, 0.717) is 11.3 Å². The number of aliphatic hydroxyl groups is 1. The highest BCUT2D eigenvalue weighted by molar-refractivity contribution is 7.99. The minimum atomic E-state index is 0.0914. The zero-order valence-corrected chi connectivity index (χ0v) is 30.9. The molecule has 0 radical (unpaired) electrons. The van der Waals surface area contributed by atoms with E-state index in [1.165, 1.54) is 60.3 Å². The summed E-state index contributed by atoms with van der Waals surface area (Å²) in [5, 5.41) is 9.17. The first kappa shape index (κ1) is 37.9. The lowest BCUT2D eigenvalue weighted by Crippen LogP contribution is -2.31. The molecule has 40 heavy (non-hydrogen) atoms. The second-order valence-corrected chi connectivity index (χ2v) is 19.3. The summed E-state index contributed by atoms with van der Waals surface area (Å²) in [6.45, 7) is 34.3. The van der Waals surface area contributed by atoms with Crippen LogP contribution in [0.4, 0.5) is 0 Å². The molecule has 1 aromatic carbocycles. The normalized spacial score (nSPS) is 15.4. The maximum Gasteiger partial charge on any atom is 0.0521 e. The molecule has 0 aliphatic rings. The van der Waals surface area contributed by atoms with Crippen LogP contribution in [0, 0.1) is 22.7 Å². The van der Waals surface area contributed by atoms with Crippen LogP contribution in [0.1, 0.15) is 146 Å². The Kier molecular flexibility index (Phi) is 14.7. The topological polar surface area (TPSA) is 20.2 Å². The van der Waals surface area contributed by atoms with Gasteiger partial charge in [-0.2, -0.15) is 23.5 Å². The SMILES string of the molecule is CCCSCC(C)CC(C)(C)CC(C)(C)c1cc(C(C)(C)C)cc(C(C)(C)CC(C)(C)CC(C)CSCCO)c1. The summed E-state index contributed by atoms with van der Waals surface area (Å²) in [5.74, 6) is 5.96. The van der Waals surface area contributed by atoms with Crippen LogP contribution in [-0.2, 0) is 16.2 Å². The molecular formula is C37H68OS2. The molecule has 0 aromatic heterocycles. The third-order valence-corrected chi connectivity index (χ3v) is 11.2. The van der Waals surface area contributed by atoms with Gasteiger partial charge in [-0.05, 0) is 105 Å². The highest BCUT2D eigenvalue weighted by Crippen LogP contribution is 2.45. The Morgan fingerprint density at radius 1 is 0.625 bits per heavy atom. The summed E-state index contributed by atoms with van der Waals surface area (Å²) in [6.07, 6.45) is 6.14. The fourth-order valence-electron chi connectivity index (χ4n) is 7.37. The number of thioether (sulfide) groups is 2. The lowest BCUT2D eigenvalue weighted by Gasteiger charge is -2.40. The molecule has 2 atom stereocenters. The molecule has 0 saturated heterocycles. The highest BCUT2D eigenvalue weighted by atomic mass is 32.2. The fraction of sp³-hybridized carbons (Fsp3) is 0.838. The van der Waals surface area contributed by atoms with Crippen LogP contribution in [0.5, 0.6) is 0 Å². The standard InChI is InChI=1S/C37H68OS2/c1-15-17-39-24-28(2)22-34(7,8)26-36(11,12)31-19-30(33(4,5)6)20-32(21-31)37(13,14)27-35(9,10)23-29(3)25-40-18-16-38/h19-21,28-29,38H,15-18,22-27H2,1-14H3. The third kappa shape index (κ3) is 13.5. The van der Waals surface area contributed by atoms with Gasteiger partial charge in [0.05, 0.1) is 6.61 Å². The summed E-state index contributed by atoms with van der Waals surface area (Å²) in [4.78, 5) is 0. The first-order valence-corrected chi connectivity index (χ1v) is 18.4. The number of hydrogen-bond donors (Lipinski definition) is 1. The zero-order chi connectivity index (χ0) is 31.0. The van der Waals surface area contributed by atoms with E-state index in [9.17, 15) is 0 Å². The molecule has 2 unspecified atom stereocenters. The second kappa shape index (κ2) is 15.6. The van der Waals surface area contributed by atoms with Gasteiger partial charge in [-0.1, -0.05) is 115 Å². The Morgan fingerprint density at radius 2 is 1.00 bits per heavy atom. The van der Waals surface area contributed by atoms with E-state index >= 15 is 0 Å². The molecule has 0 spiro atoms. The average Bonchev–Trinajstić information content (AvgIpc) is 2.76. The van der Waals surface area contributed by atoms with Crippen molar-refractivity contribution in [1.29, 1.82) is 0 Å². The van der Waals surface area contributed by atoms with Crippen molar-refractivity contribution in [3.05, 3.63) is 34.9 Å². The van der Waals surface area contributed by atoms with Crippen LogP contribution in [0.25, 0.3) is 0 Å². The van der Waals surface area contributed by atoms with Gasteiger partial charge in [0.1, 0.15) is 0 Å². The Hall–Kier alpha value is -0.120. The van der Waals surface area contributed by atoms with E-state index in [1.54, 1.807) is 0 Å². The van der Waals surface area contributed by atoms with Crippen molar-refractivity contribution in [3.8, 4) is 0 Å². The molecule has 0 aliphatic heterocycles. The smallest absolute Gasteiger partial charge is 0.0521 e. The monoisotopic (exact) mass is 592 g/mol. The Morgan fingerprint density at radius 3 is 1.35 bits per heavy atom. The Bertz CT molecular complexity index is 812. The fourth-order valence-corrected chi connectivity index (χ4v) is 9.16. The average molecular weight is 593 g/mol. The molecular weight excluding hydrogens is 525 g/mol. The van der Waals surface area contributed by atoms with Crippen LogP contribution in [0.2, 0.25) is 0 Å². The van der Waals surface area contributed by atoms with Crippen molar-refractivity contribution in [2.45, 2.75) is 145 Å². The lowest BCUT2D eigenvalue weighted by atomic mass is 9.65. The maximum absolute atomic E-state index is 9.17. The van der Waals surface area contributed by atoms with Gasteiger partial charge >= 0.3 is 0 Å². The van der Waals surface area contributed by atoms with Gasteiger partial charge in [0.15, 0.2) is 0 Å². The van der Waals surface area contributed by atoms with Crippen molar-refractivity contribution in [1.82, 2.24) is 0 Å². The summed E-state index contributed by atoms with van der Waals surface area (Å²) in [5.41, 5.74) is 5.35. The van der Waals surface area contributed by atoms with Crippen molar-refractivity contribution >= 4 is 23.5 Å². The van der Waals surface area contributed by atoms with E-state index < -0.39 is 0 Å². The minimum absolute atomic E-state index is 0.0914. The molecule has 0 fully saturated rings. The van der Waals surface area contributed by atoms with Crippen molar-refractivity contribution in [2.75, 3.05) is 29.6 Å². The number of hydrogen-bond acceptors (Lipinski definition) is 3. The van der Waals surface area contributed by atoms with E-state index in [0.717, 1.165) is 17.4 Å². The molecule has 1 nitrogen and oxygen atoms in total. The van der Waals surface area contributed by atoms with Crippen molar-refractivity contribution in [2.24, 2.45) is 22.7 Å². The van der Waals surface area contributed by atoms with Crippen molar-refractivity contribution < 1.29 is 5.11 Å². The first-order valence-electron chi connectivity index (χ1n) is 16.1. The van der Waals surface area contributed by atoms with E-state index in [-0.39, 0.29) is 28.3 Å². The number of rotatable bonds is 18. The molecule has 1 aromatic rings. The van der Waals surface area contributed by atoms with Gasteiger partial charge in [0.25, 0.3) is 0 Å². The largest absolute Gasteiger partial charge is 0.396 e. The predicted octanol–water partition coefficient (Wildman–Crippen LogP) is 11.3. The minimum Gasteiger partial charge on any atom is -0.396 e. The molecule has 0 aliphatic carbocycles. The summed E-state index contributed by atoms with van der Waals surface area (Å²) in [6, 6.07) is 7.62. The lowest BCUT2D eigenvalue weighted by molar-refractivity contribution is 0.210. The number of benzene rings is 1. The van der Waals surface area contributed by atoms with Crippen LogP contribution in [0.3, 0.4) is 0 Å². The van der Waals surface area contributed by atoms with Crippen LogP contribution >= 0.6 is 23.5 Å². The van der Waals surface area contributed by atoms with E-state index in [4.69, 9.17) is 5.11 Å². The highest BCUT2D eigenvalue weighted by Gasteiger charge is 2.36. The molecule has 234 valence electrons. The van der Waals surface area contributed by atoms with Gasteiger partial charge < -0.3 is 5.11 Å². The zero-order valence-electron chi connectivity index (χ0n) is 29.2. The first-order chi connectivity index (χ1) is 18.1. The van der Waals surface area contributed by atoms with Gasteiger partial charge in [0.2, 0.25) is 0 Å². The summed E-state index contributed by atoms with van der Waals surface area (Å²) >= 11 is 4.01. The quantitative estimate of drug-likeness (QED) is 0.171. The summed E-state index contributed by atoms with van der Waals surface area (Å²) in [7, 11) is 0. The molecule has 0 saturated carbocycles. The van der Waals surface area contributed by atoms with Crippen LogP contribution in [-0.4, -0.2) is 34.7 Å². The third-order valence-electron chi connectivity index (χ3n) is 8.39. The van der Waals surface area contributed by atoms with Gasteiger partial charge in [-0.3, -0.25) is 0 Å². The van der Waals surface area contributed by atoms with Crippen LogP contribution in [0.15, 0.2) is 18.2 Å². The van der Waals surface area contributed by atoms with Gasteiger partial charge in [-0.25, -0.2) is 0 Å². The molecule has 0 amide bonds. The second-order valence-electron chi connectivity index (χ2n) is 17.0. The van der Waals surface area contributed by atoms with Gasteiger partial charge in [0, 0.05) is 5.75 Å². The molecule has 1 N–H and O–H groups in total. The Labute approximate surface area is 260 Å². The summed E-state index contributed by atoms with van der Waals surface area (Å²) < 4.78 is 0. The van der Waals surface area contributed by atoms with Crippen LogP contribution < -0.4 is 0 Å². The van der Waals surface area contributed by atoms with Crippen molar-refractivity contribution in [3.63, 3.8) is 0 Å². The van der Waals surface area contributed by atoms with Gasteiger partial charge in [-0.15, -0.1) is 0 Å². The molecule has 0 bridgehead atoms. The molecule has 0 heterocycles. The number of aliphatic hydroxyl groups excluding tert-OH is 1. The maximum atomic E-state index is 9.17.